The first-order valence-corrected chi connectivity index (χ1v) is 7.01. The van der Waals surface area contributed by atoms with E-state index in [1.165, 1.54) is 41.1 Å². The smallest absolute Gasteiger partial charge is 0.0823 e. The summed E-state index contributed by atoms with van der Waals surface area (Å²) < 4.78 is 2.30. The Morgan fingerprint density at radius 2 is 2.12 bits per heavy atom. The van der Waals surface area contributed by atoms with E-state index in [9.17, 15) is 0 Å². The molecule has 0 bridgehead atoms. The van der Waals surface area contributed by atoms with Gasteiger partial charge >= 0.3 is 0 Å². The Bertz CT molecular complexity index is 459. The number of unbranched alkanes of at least 4 members (excludes halogenated alkanes) is 2. The number of hydrogen-bond donors (Lipinski definition) is 0. The van der Waals surface area contributed by atoms with Gasteiger partial charge in [0.15, 0.2) is 0 Å². The van der Waals surface area contributed by atoms with Crippen LogP contribution in [0.2, 0.25) is 0 Å². The second-order valence-electron chi connectivity index (χ2n) is 4.18. The van der Waals surface area contributed by atoms with Gasteiger partial charge in [-0.15, -0.1) is 11.8 Å². The summed E-state index contributed by atoms with van der Waals surface area (Å²) in [5.41, 5.74) is 2.70. The van der Waals surface area contributed by atoms with Crippen molar-refractivity contribution in [3.05, 3.63) is 36.0 Å². The second kappa shape index (κ2) is 5.44. The Labute approximate surface area is 102 Å². The highest BCUT2D eigenvalue weighted by molar-refractivity contribution is 7.99. The summed E-state index contributed by atoms with van der Waals surface area (Å²) in [4.78, 5) is 0. The summed E-state index contributed by atoms with van der Waals surface area (Å²) in [6.45, 7) is 4.46. The van der Waals surface area contributed by atoms with E-state index in [0.717, 1.165) is 0 Å². The highest BCUT2D eigenvalue weighted by atomic mass is 32.2. The number of nitrogens with zero attached hydrogens (tertiary/aromatic N) is 1. The number of pyridine rings is 1. The van der Waals surface area contributed by atoms with Crippen LogP contribution in [0.25, 0.3) is 5.52 Å². The van der Waals surface area contributed by atoms with Gasteiger partial charge < -0.3 is 4.40 Å². The molecule has 0 aliphatic rings. The van der Waals surface area contributed by atoms with Crippen LogP contribution < -0.4 is 0 Å². The SMILES string of the molecule is CCCCCSc1c(C)cc2ccccn12. The van der Waals surface area contributed by atoms with E-state index in [2.05, 4.69) is 48.7 Å². The van der Waals surface area contributed by atoms with E-state index in [0.29, 0.717) is 0 Å². The van der Waals surface area contributed by atoms with Gasteiger partial charge in [0.1, 0.15) is 0 Å². The zero-order valence-corrected chi connectivity index (χ0v) is 10.9. The predicted octanol–water partition coefficient (Wildman–Crippen LogP) is 4.53. The highest BCUT2D eigenvalue weighted by Crippen LogP contribution is 2.26. The number of fused-ring (bicyclic) bond motifs is 1. The highest BCUT2D eigenvalue weighted by Gasteiger charge is 2.05. The molecular formula is C14H19NS. The van der Waals surface area contributed by atoms with Gasteiger partial charge in [0, 0.05) is 11.7 Å². The Morgan fingerprint density at radius 1 is 1.25 bits per heavy atom. The average Bonchev–Trinajstić information content (AvgIpc) is 2.61. The summed E-state index contributed by atoms with van der Waals surface area (Å²) in [6.07, 6.45) is 6.12. The molecule has 16 heavy (non-hydrogen) atoms. The maximum Gasteiger partial charge on any atom is 0.0823 e. The molecule has 0 aliphatic heterocycles. The van der Waals surface area contributed by atoms with Crippen LogP contribution in [-0.4, -0.2) is 10.2 Å². The fourth-order valence-corrected chi connectivity index (χ4v) is 3.07. The summed E-state index contributed by atoms with van der Waals surface area (Å²) in [5.74, 6) is 1.23. The van der Waals surface area contributed by atoms with Crippen LogP contribution in [0.1, 0.15) is 31.7 Å². The van der Waals surface area contributed by atoms with Gasteiger partial charge in [-0.25, -0.2) is 0 Å². The topological polar surface area (TPSA) is 4.41 Å². The molecule has 2 heteroatoms. The molecule has 0 fully saturated rings. The standard InChI is InChI=1S/C14H19NS/c1-3-4-7-10-16-14-12(2)11-13-8-5-6-9-15(13)14/h5-6,8-9,11H,3-4,7,10H2,1-2H3. The monoisotopic (exact) mass is 233 g/mol. The van der Waals surface area contributed by atoms with Crippen LogP contribution in [0.5, 0.6) is 0 Å². The Kier molecular flexibility index (Phi) is 3.94. The van der Waals surface area contributed by atoms with Gasteiger partial charge in [-0.1, -0.05) is 25.8 Å². The first-order valence-electron chi connectivity index (χ1n) is 6.02. The van der Waals surface area contributed by atoms with Crippen molar-refractivity contribution in [1.82, 2.24) is 4.40 Å². The molecule has 0 spiro atoms. The van der Waals surface area contributed by atoms with E-state index < -0.39 is 0 Å². The Morgan fingerprint density at radius 3 is 2.94 bits per heavy atom. The molecular weight excluding hydrogens is 214 g/mol. The van der Waals surface area contributed by atoms with Crippen LogP contribution in [-0.2, 0) is 0 Å². The molecule has 0 unspecified atom stereocenters. The predicted molar refractivity (Wildman–Crippen MR) is 72.4 cm³/mol. The van der Waals surface area contributed by atoms with Crippen molar-refractivity contribution in [3.8, 4) is 0 Å². The minimum atomic E-state index is 1.23. The molecule has 0 aromatic carbocycles. The van der Waals surface area contributed by atoms with Crippen molar-refractivity contribution in [1.29, 1.82) is 0 Å². The third-order valence-corrected chi connectivity index (χ3v) is 4.08. The normalized spacial score (nSPS) is 11.1. The minimum Gasteiger partial charge on any atom is -0.311 e. The summed E-state index contributed by atoms with van der Waals surface area (Å²) in [6, 6.07) is 8.63. The molecule has 2 aromatic rings. The van der Waals surface area contributed by atoms with Crippen LogP contribution >= 0.6 is 11.8 Å². The lowest BCUT2D eigenvalue weighted by atomic mass is 10.3. The quantitative estimate of drug-likeness (QED) is 0.542. The van der Waals surface area contributed by atoms with Gasteiger partial charge in [-0.3, -0.25) is 0 Å². The summed E-state index contributed by atoms with van der Waals surface area (Å²) in [5, 5.41) is 1.41. The summed E-state index contributed by atoms with van der Waals surface area (Å²) in [7, 11) is 0. The van der Waals surface area contributed by atoms with E-state index in [-0.39, 0.29) is 0 Å². The molecule has 0 radical (unpaired) electrons. The van der Waals surface area contributed by atoms with Gasteiger partial charge in [0.25, 0.3) is 0 Å². The third kappa shape index (κ3) is 2.43. The van der Waals surface area contributed by atoms with E-state index in [1.54, 1.807) is 0 Å². The molecule has 2 heterocycles. The van der Waals surface area contributed by atoms with Gasteiger partial charge in [-0.2, -0.15) is 0 Å². The lowest BCUT2D eigenvalue weighted by Gasteiger charge is -2.03. The van der Waals surface area contributed by atoms with Crippen LogP contribution in [0.15, 0.2) is 35.5 Å². The Hall–Kier alpha value is -0.890. The third-order valence-electron chi connectivity index (χ3n) is 2.80. The fourth-order valence-electron chi connectivity index (χ4n) is 1.94. The molecule has 0 saturated carbocycles. The second-order valence-corrected chi connectivity index (χ2v) is 5.27. The molecule has 0 amide bonds. The molecule has 2 aromatic heterocycles. The van der Waals surface area contributed by atoms with Crippen LogP contribution in [0, 0.1) is 6.92 Å². The zero-order chi connectivity index (χ0) is 11.4. The maximum absolute atomic E-state index is 2.30. The number of rotatable bonds is 5. The van der Waals surface area contributed by atoms with Crippen molar-refractivity contribution in [2.75, 3.05) is 5.75 Å². The molecule has 0 aliphatic carbocycles. The van der Waals surface area contributed by atoms with Crippen molar-refractivity contribution < 1.29 is 0 Å². The van der Waals surface area contributed by atoms with Crippen molar-refractivity contribution in [2.45, 2.75) is 38.1 Å². The zero-order valence-electron chi connectivity index (χ0n) is 10.1. The first kappa shape index (κ1) is 11.6. The lowest BCUT2D eigenvalue weighted by molar-refractivity contribution is 0.778. The van der Waals surface area contributed by atoms with E-state index in [1.807, 2.05) is 11.8 Å². The molecule has 1 nitrogen and oxygen atoms in total. The maximum atomic E-state index is 2.30. The molecule has 0 N–H and O–H groups in total. The minimum absolute atomic E-state index is 1.23. The van der Waals surface area contributed by atoms with Crippen LogP contribution in [0.4, 0.5) is 0 Å². The number of hydrogen-bond acceptors (Lipinski definition) is 1. The van der Waals surface area contributed by atoms with Gasteiger partial charge in [0.05, 0.1) is 5.03 Å². The molecule has 0 saturated heterocycles. The number of aryl methyl sites for hydroxylation is 1. The molecule has 86 valence electrons. The average molecular weight is 233 g/mol. The molecule has 2 rings (SSSR count). The van der Waals surface area contributed by atoms with E-state index in [4.69, 9.17) is 0 Å². The number of aromatic nitrogens is 1. The van der Waals surface area contributed by atoms with Crippen LogP contribution in [0.3, 0.4) is 0 Å². The van der Waals surface area contributed by atoms with Gasteiger partial charge in [0.2, 0.25) is 0 Å². The molecule has 0 atom stereocenters. The Balaban J connectivity index is 2.13. The first-order chi connectivity index (χ1) is 7.83. The van der Waals surface area contributed by atoms with Crippen molar-refractivity contribution >= 4 is 17.3 Å². The van der Waals surface area contributed by atoms with Crippen molar-refractivity contribution in [3.63, 3.8) is 0 Å². The number of thioether (sulfide) groups is 1. The lowest BCUT2D eigenvalue weighted by Crippen LogP contribution is -1.88. The van der Waals surface area contributed by atoms with Crippen molar-refractivity contribution in [2.24, 2.45) is 0 Å². The van der Waals surface area contributed by atoms with E-state index >= 15 is 0 Å². The summed E-state index contributed by atoms with van der Waals surface area (Å²) >= 11 is 1.99. The van der Waals surface area contributed by atoms with Gasteiger partial charge in [-0.05, 0) is 42.9 Å². The fraction of sp³-hybridized carbons (Fsp3) is 0.429. The largest absolute Gasteiger partial charge is 0.311 e.